The van der Waals surface area contributed by atoms with Gasteiger partial charge < -0.3 is 13.6 Å². The molecule has 65 heavy (non-hydrogen) atoms. The molecule has 0 saturated carbocycles. The Morgan fingerprint density at radius 3 is 1.77 bits per heavy atom. The molecule has 0 atom stereocenters. The number of benzene rings is 6. The van der Waals surface area contributed by atoms with Gasteiger partial charge in [0.1, 0.15) is 58.4 Å². The molecule has 6 aromatic carbocycles. The Bertz CT molecular complexity index is 3790. The van der Waals surface area contributed by atoms with E-state index < -0.39 is 0 Å². The first kappa shape index (κ1) is 39.3. The SMILES string of the molecule is Bc1cc(B)c2c(c1)c1c(B)c(B)c3c4cc(B)cc(B)c4n(/C4=C/C=C\CC#CC4)c3c1n2C1=Cc2c(oc3ccc(-c4nc(-c5ccccc5)cc(-c5ccccc5)n4)cc23)CC1. The van der Waals surface area contributed by atoms with Crippen molar-refractivity contribution >= 4 is 152 Å². The van der Waals surface area contributed by atoms with Crippen molar-refractivity contribution in [1.82, 2.24) is 19.1 Å². The summed E-state index contributed by atoms with van der Waals surface area (Å²) in [5.74, 6) is 8.61. The molecule has 0 fully saturated rings. The summed E-state index contributed by atoms with van der Waals surface area (Å²) in [6, 6.07) is 38.8. The van der Waals surface area contributed by atoms with E-state index in [9.17, 15) is 0 Å². The molecule has 0 amide bonds. The van der Waals surface area contributed by atoms with Crippen LogP contribution in [0.5, 0.6) is 0 Å². The minimum atomic E-state index is 0.670. The fourth-order valence-electron chi connectivity index (χ4n) is 10.9. The molecule has 11 heteroatoms. The number of aryl methyl sites for hydroxylation is 1. The summed E-state index contributed by atoms with van der Waals surface area (Å²) in [5.41, 5.74) is 22.0. The summed E-state index contributed by atoms with van der Waals surface area (Å²) in [5, 5.41) is 6.30. The highest BCUT2D eigenvalue weighted by Gasteiger charge is 2.29. The molecule has 5 nitrogen and oxygen atoms in total. The van der Waals surface area contributed by atoms with Crippen LogP contribution in [-0.2, 0) is 6.42 Å². The van der Waals surface area contributed by atoms with Crippen molar-refractivity contribution in [3.05, 3.63) is 139 Å². The Balaban J connectivity index is 1.14. The maximum absolute atomic E-state index is 6.71. The van der Waals surface area contributed by atoms with Crippen molar-refractivity contribution in [3.63, 3.8) is 0 Å². The number of fused-ring (bicyclic) bond motifs is 10. The van der Waals surface area contributed by atoms with Gasteiger partial charge in [0.2, 0.25) is 0 Å². The van der Waals surface area contributed by atoms with E-state index in [2.05, 4.69) is 189 Å². The third kappa shape index (κ3) is 6.26. The molecule has 10 aromatic rings. The van der Waals surface area contributed by atoms with E-state index in [4.69, 9.17) is 14.4 Å². The van der Waals surface area contributed by atoms with Gasteiger partial charge in [-0.05, 0) is 42.8 Å². The van der Waals surface area contributed by atoms with E-state index in [1.165, 1.54) is 87.8 Å². The van der Waals surface area contributed by atoms with E-state index in [0.29, 0.717) is 12.2 Å². The quantitative estimate of drug-likeness (QED) is 0.198. The molecule has 0 aliphatic heterocycles. The third-order valence-electron chi connectivity index (χ3n) is 13.8. The first-order chi connectivity index (χ1) is 31.7. The lowest BCUT2D eigenvalue weighted by Crippen LogP contribution is -2.27. The summed E-state index contributed by atoms with van der Waals surface area (Å²) in [6.45, 7) is 0. The molecule has 0 saturated heterocycles. The third-order valence-corrected chi connectivity index (χ3v) is 13.8. The average Bonchev–Trinajstić information content (AvgIpc) is 3.96. The van der Waals surface area contributed by atoms with Crippen LogP contribution in [0, 0.1) is 11.8 Å². The molecule has 0 unspecified atom stereocenters. The molecular formula is C54H42B6N4O. The topological polar surface area (TPSA) is 48.8 Å². The van der Waals surface area contributed by atoms with Crippen LogP contribution >= 0.6 is 0 Å². The highest BCUT2D eigenvalue weighted by Crippen LogP contribution is 2.43. The maximum atomic E-state index is 6.71. The predicted molar refractivity (Wildman–Crippen MR) is 293 cm³/mol. The summed E-state index contributed by atoms with van der Waals surface area (Å²) in [6.07, 6.45) is 12.1. The predicted octanol–water partition coefficient (Wildman–Crippen LogP) is 3.13. The van der Waals surface area contributed by atoms with Gasteiger partial charge in [-0.3, -0.25) is 0 Å². The van der Waals surface area contributed by atoms with E-state index in [1.54, 1.807) is 0 Å². The van der Waals surface area contributed by atoms with Gasteiger partial charge in [0, 0.05) is 90.9 Å². The largest absolute Gasteiger partial charge is 0.460 e. The molecule has 0 spiro atoms. The smallest absolute Gasteiger partial charge is 0.160 e. The number of rotatable bonds is 5. The molecule has 302 valence electrons. The molecule has 0 radical (unpaired) electrons. The number of allylic oxidation sites excluding steroid dienone is 5. The molecule has 2 aliphatic carbocycles. The van der Waals surface area contributed by atoms with Crippen molar-refractivity contribution in [3.8, 4) is 45.7 Å². The zero-order valence-corrected chi connectivity index (χ0v) is 37.7. The number of nitrogens with zero attached hydrogens (tertiary/aromatic N) is 4. The fourth-order valence-corrected chi connectivity index (χ4v) is 10.9. The monoisotopic (exact) mass is 828 g/mol. The lowest BCUT2D eigenvalue weighted by molar-refractivity contribution is 0.546. The van der Waals surface area contributed by atoms with E-state index in [0.717, 1.165) is 69.6 Å². The Morgan fingerprint density at radius 2 is 1.15 bits per heavy atom. The van der Waals surface area contributed by atoms with Crippen LogP contribution in [0.1, 0.15) is 30.6 Å². The first-order valence-electron chi connectivity index (χ1n) is 22.8. The molecule has 0 bridgehead atoms. The second-order valence-electron chi connectivity index (χ2n) is 18.1. The Morgan fingerprint density at radius 1 is 0.554 bits per heavy atom. The number of aromatic nitrogens is 4. The van der Waals surface area contributed by atoms with Gasteiger partial charge in [-0.1, -0.05) is 142 Å². The van der Waals surface area contributed by atoms with Crippen LogP contribution in [0.15, 0.2) is 132 Å². The van der Waals surface area contributed by atoms with E-state index in [1.807, 2.05) is 12.1 Å². The van der Waals surface area contributed by atoms with Gasteiger partial charge in [-0.25, -0.2) is 9.97 Å². The van der Waals surface area contributed by atoms with Crippen LogP contribution < -0.4 is 32.8 Å². The fraction of sp³-hybridized carbons (Fsp3) is 0.0741. The Kier molecular flexibility index (Phi) is 9.18. The number of hydrogen-bond donors (Lipinski definition) is 0. The molecular weight excluding hydrogens is 785 g/mol. The lowest BCUT2D eigenvalue weighted by atomic mass is 9.74. The molecule has 4 heterocycles. The highest BCUT2D eigenvalue weighted by molar-refractivity contribution is 6.61. The van der Waals surface area contributed by atoms with Gasteiger partial charge in [-0.2, -0.15) is 0 Å². The highest BCUT2D eigenvalue weighted by atomic mass is 16.3. The summed E-state index contributed by atoms with van der Waals surface area (Å²) >= 11 is 0. The van der Waals surface area contributed by atoms with Gasteiger partial charge in [-0.15, -0.1) is 0 Å². The average molecular weight is 828 g/mol. The number of furan rings is 1. The van der Waals surface area contributed by atoms with Gasteiger partial charge in [0.05, 0.1) is 22.4 Å². The lowest BCUT2D eigenvalue weighted by Gasteiger charge is -2.20. The second-order valence-corrected chi connectivity index (χ2v) is 18.1. The van der Waals surface area contributed by atoms with Crippen LogP contribution in [0.25, 0.3) is 106 Å². The zero-order valence-electron chi connectivity index (χ0n) is 37.7. The Labute approximate surface area is 383 Å². The molecule has 0 N–H and O–H groups in total. The van der Waals surface area contributed by atoms with E-state index in [-0.39, 0.29) is 0 Å². The van der Waals surface area contributed by atoms with Crippen molar-refractivity contribution in [2.75, 3.05) is 0 Å². The van der Waals surface area contributed by atoms with Crippen molar-refractivity contribution in [1.29, 1.82) is 0 Å². The number of hydrogen-bond acceptors (Lipinski definition) is 3. The normalized spacial score (nSPS) is 15.1. The van der Waals surface area contributed by atoms with Gasteiger partial charge >= 0.3 is 0 Å². The standard InChI is InChI=1S/C54H42B6N4O/c55-32-23-38-46-48(59)49(60)47-39-24-33(56)26-41(58)51(39)64(53(47)52(46)63(50(38)40(57)25-32)34-16-10-2-1-3-11-17-34)35-19-21-45-37(27-35)36-22-31(18-20-44(36)65-45)54-61-42(29-12-6-4-7-13-29)28-43(62-54)30-14-8-5-9-15-30/h2,4-10,12-16,18,20,22-28H,1,17,19,21,55-60H2/b10-2-,34-16+. The van der Waals surface area contributed by atoms with Crippen molar-refractivity contribution < 1.29 is 4.42 Å². The maximum Gasteiger partial charge on any atom is 0.160 e. The Hall–Kier alpha value is -7.29. The minimum absolute atomic E-state index is 0.670. The first-order valence-corrected chi connectivity index (χ1v) is 22.8. The van der Waals surface area contributed by atoms with Crippen LogP contribution in [0.2, 0.25) is 0 Å². The van der Waals surface area contributed by atoms with Crippen LogP contribution in [0.4, 0.5) is 0 Å². The van der Waals surface area contributed by atoms with E-state index >= 15 is 0 Å². The summed E-state index contributed by atoms with van der Waals surface area (Å²) < 4.78 is 11.9. The molecule has 2 aliphatic rings. The second kappa shape index (κ2) is 15.2. The molecule has 4 aromatic heterocycles. The van der Waals surface area contributed by atoms with Gasteiger partial charge in [0.25, 0.3) is 0 Å². The summed E-state index contributed by atoms with van der Waals surface area (Å²) in [4.78, 5) is 10.4. The van der Waals surface area contributed by atoms with Crippen LogP contribution in [0.3, 0.4) is 0 Å². The van der Waals surface area contributed by atoms with Crippen molar-refractivity contribution in [2.45, 2.75) is 25.7 Å². The minimum Gasteiger partial charge on any atom is -0.460 e. The molecule has 12 rings (SSSR count). The van der Waals surface area contributed by atoms with Crippen molar-refractivity contribution in [2.24, 2.45) is 0 Å². The van der Waals surface area contributed by atoms with Crippen LogP contribution in [-0.4, -0.2) is 66.2 Å². The summed E-state index contributed by atoms with van der Waals surface area (Å²) in [7, 11) is 13.7. The zero-order chi connectivity index (χ0) is 44.1. The van der Waals surface area contributed by atoms with Gasteiger partial charge in [0.15, 0.2) is 5.82 Å².